The number of nitrogens with zero attached hydrogens (tertiary/aromatic N) is 1. The third-order valence-electron chi connectivity index (χ3n) is 2.52. The van der Waals surface area contributed by atoms with Crippen LogP contribution in [0.25, 0.3) is 0 Å². The van der Waals surface area contributed by atoms with Crippen LogP contribution in [0.5, 0.6) is 0 Å². The zero-order chi connectivity index (χ0) is 15.6. The number of rotatable bonds is 2. The molecule has 21 heavy (non-hydrogen) atoms. The average Bonchev–Trinajstić information content (AvgIpc) is 2.41. The number of halogens is 4. The van der Waals surface area contributed by atoms with E-state index in [2.05, 4.69) is 22.9 Å². The first-order chi connectivity index (χ1) is 9.77. The summed E-state index contributed by atoms with van der Waals surface area (Å²) in [7, 11) is 0. The molecule has 1 amide bonds. The molecule has 0 aliphatic rings. The summed E-state index contributed by atoms with van der Waals surface area (Å²) < 4.78 is 50.0. The number of pyridine rings is 1. The number of aromatic nitrogens is 1. The molecule has 0 aliphatic heterocycles. The van der Waals surface area contributed by atoms with Crippen molar-refractivity contribution in [2.24, 2.45) is 0 Å². The van der Waals surface area contributed by atoms with Crippen molar-refractivity contribution in [3.63, 3.8) is 0 Å². The lowest BCUT2D eigenvalue weighted by molar-refractivity contribution is -0.141. The molecule has 0 radical (unpaired) electrons. The molecule has 0 unspecified atom stereocenters. The van der Waals surface area contributed by atoms with E-state index >= 15 is 0 Å². The van der Waals surface area contributed by atoms with Crippen LogP contribution in [0.1, 0.15) is 16.1 Å². The number of hydrogen-bond donors (Lipinski definition) is 2. The number of carbonyl (C=O) groups is 1. The highest BCUT2D eigenvalue weighted by Gasteiger charge is 2.32. The molecule has 0 aliphatic carbocycles. The van der Waals surface area contributed by atoms with E-state index < -0.39 is 23.6 Å². The molecule has 0 bridgehead atoms. The zero-order valence-electron chi connectivity index (χ0n) is 10.3. The smallest absolute Gasteiger partial charge is 0.321 e. The number of amides is 1. The van der Waals surface area contributed by atoms with Gasteiger partial charge in [0.2, 0.25) is 0 Å². The first-order valence-corrected chi connectivity index (χ1v) is 6.05. The van der Waals surface area contributed by atoms with Gasteiger partial charge in [0.25, 0.3) is 5.91 Å². The molecule has 0 spiro atoms. The fraction of sp³-hybridized carbons (Fsp3) is 0.0769. The Morgan fingerprint density at radius 1 is 1.19 bits per heavy atom. The Morgan fingerprint density at radius 3 is 2.43 bits per heavy atom. The quantitative estimate of drug-likeness (QED) is 0.654. The van der Waals surface area contributed by atoms with Gasteiger partial charge in [-0.25, -0.2) is 9.37 Å². The summed E-state index contributed by atoms with van der Waals surface area (Å²) in [6.07, 6.45) is -3.65. The number of alkyl halides is 3. The van der Waals surface area contributed by atoms with Gasteiger partial charge >= 0.3 is 6.18 Å². The number of anilines is 1. The Balaban J connectivity index is 2.14. The predicted molar refractivity (Wildman–Crippen MR) is 70.8 cm³/mol. The van der Waals surface area contributed by atoms with Gasteiger partial charge in [0.1, 0.15) is 11.5 Å². The van der Waals surface area contributed by atoms with Crippen LogP contribution in [-0.4, -0.2) is 10.9 Å². The molecule has 1 aromatic carbocycles. The summed E-state index contributed by atoms with van der Waals surface area (Å²) in [5.74, 6) is -1.18. The topological polar surface area (TPSA) is 42.0 Å². The van der Waals surface area contributed by atoms with Crippen LogP contribution >= 0.6 is 12.6 Å². The number of hydrogen-bond acceptors (Lipinski definition) is 3. The number of nitrogens with one attached hydrogen (secondary N) is 1. The second kappa shape index (κ2) is 5.72. The molecule has 1 aromatic heterocycles. The molecule has 0 atom stereocenters. The highest BCUT2D eigenvalue weighted by molar-refractivity contribution is 7.80. The molecule has 1 N–H and O–H groups in total. The van der Waals surface area contributed by atoms with Crippen molar-refractivity contribution in [1.29, 1.82) is 0 Å². The minimum atomic E-state index is -4.54. The Hall–Kier alpha value is -2.09. The summed E-state index contributed by atoms with van der Waals surface area (Å²) in [6, 6.07) is 5.36. The number of benzene rings is 1. The van der Waals surface area contributed by atoms with Gasteiger partial charge in [-0.2, -0.15) is 13.2 Å². The molecule has 0 saturated carbocycles. The first kappa shape index (κ1) is 15.3. The largest absolute Gasteiger partial charge is 0.433 e. The second-order valence-electron chi connectivity index (χ2n) is 4.05. The van der Waals surface area contributed by atoms with E-state index in [9.17, 15) is 22.4 Å². The summed E-state index contributed by atoms with van der Waals surface area (Å²) >= 11 is 3.84. The molecule has 3 nitrogen and oxygen atoms in total. The van der Waals surface area contributed by atoms with Gasteiger partial charge in [0.05, 0.1) is 11.9 Å². The molecule has 2 aromatic rings. The summed E-state index contributed by atoms with van der Waals surface area (Å²) in [4.78, 5) is 15.0. The predicted octanol–water partition coefficient (Wildman–Crippen LogP) is 3.78. The SMILES string of the molecule is O=C(Nc1ccc(C(F)(F)F)nc1)c1ccc(F)c(S)c1. The molecule has 0 fully saturated rings. The third-order valence-corrected chi connectivity index (χ3v) is 2.86. The van der Waals surface area contributed by atoms with E-state index in [4.69, 9.17) is 0 Å². The van der Waals surface area contributed by atoms with Crippen LogP contribution in [0.3, 0.4) is 0 Å². The van der Waals surface area contributed by atoms with Crippen LogP contribution in [0.15, 0.2) is 41.4 Å². The highest BCUT2D eigenvalue weighted by atomic mass is 32.1. The van der Waals surface area contributed by atoms with E-state index in [0.717, 1.165) is 24.4 Å². The Bertz CT molecular complexity index is 671. The van der Waals surface area contributed by atoms with Crippen LogP contribution in [0.2, 0.25) is 0 Å². The van der Waals surface area contributed by atoms with Crippen LogP contribution < -0.4 is 5.32 Å². The number of carbonyl (C=O) groups excluding carboxylic acids is 1. The maximum Gasteiger partial charge on any atom is 0.433 e. The molecular formula is C13H8F4N2OS. The molecule has 110 valence electrons. The van der Waals surface area contributed by atoms with Crippen molar-refractivity contribution in [2.75, 3.05) is 5.32 Å². The van der Waals surface area contributed by atoms with Crippen molar-refractivity contribution in [3.05, 3.63) is 53.6 Å². The van der Waals surface area contributed by atoms with E-state index in [0.29, 0.717) is 0 Å². The van der Waals surface area contributed by atoms with Crippen LogP contribution in [0, 0.1) is 5.82 Å². The minimum absolute atomic E-state index is 0.00630. The normalized spacial score (nSPS) is 11.3. The van der Waals surface area contributed by atoms with Gasteiger partial charge in [0.15, 0.2) is 0 Å². The summed E-state index contributed by atoms with van der Waals surface area (Å²) in [5, 5.41) is 2.36. The molecular weight excluding hydrogens is 308 g/mol. The van der Waals surface area contributed by atoms with E-state index in [1.54, 1.807) is 0 Å². The standard InChI is InChI=1S/C13H8F4N2OS/c14-9-3-1-7(5-10(9)21)12(20)19-8-2-4-11(18-6-8)13(15,16)17/h1-6,21H,(H,19,20). The van der Waals surface area contributed by atoms with Crippen molar-refractivity contribution >= 4 is 24.2 Å². The lowest BCUT2D eigenvalue weighted by Crippen LogP contribution is -2.13. The fourth-order valence-corrected chi connectivity index (χ4v) is 1.71. The van der Waals surface area contributed by atoms with Gasteiger partial charge in [-0.15, -0.1) is 12.6 Å². The van der Waals surface area contributed by atoms with Crippen molar-refractivity contribution < 1.29 is 22.4 Å². The lowest BCUT2D eigenvalue weighted by atomic mass is 10.2. The van der Waals surface area contributed by atoms with Crippen molar-refractivity contribution in [1.82, 2.24) is 4.98 Å². The highest BCUT2D eigenvalue weighted by Crippen LogP contribution is 2.27. The molecule has 0 saturated heterocycles. The molecule has 2 rings (SSSR count). The molecule has 1 heterocycles. The van der Waals surface area contributed by atoms with Gasteiger partial charge in [-0.05, 0) is 30.3 Å². The summed E-state index contributed by atoms with van der Waals surface area (Å²) in [6.45, 7) is 0. The van der Waals surface area contributed by atoms with Gasteiger partial charge in [-0.1, -0.05) is 0 Å². The van der Waals surface area contributed by atoms with Crippen molar-refractivity contribution in [2.45, 2.75) is 11.1 Å². The maximum atomic E-state index is 13.0. The van der Waals surface area contributed by atoms with E-state index in [1.807, 2.05) is 0 Å². The van der Waals surface area contributed by atoms with Crippen LogP contribution in [-0.2, 0) is 6.18 Å². The average molecular weight is 316 g/mol. The Morgan fingerprint density at radius 2 is 1.90 bits per heavy atom. The Labute approximate surface area is 122 Å². The minimum Gasteiger partial charge on any atom is -0.321 e. The second-order valence-corrected chi connectivity index (χ2v) is 4.53. The third kappa shape index (κ3) is 3.72. The summed E-state index contributed by atoms with van der Waals surface area (Å²) in [5.41, 5.74) is -0.834. The molecule has 8 heteroatoms. The zero-order valence-corrected chi connectivity index (χ0v) is 11.2. The van der Waals surface area contributed by atoms with Gasteiger partial charge in [0, 0.05) is 10.5 Å². The maximum absolute atomic E-state index is 13.0. The fourth-order valence-electron chi connectivity index (χ4n) is 1.49. The monoisotopic (exact) mass is 316 g/mol. The Kier molecular flexibility index (Phi) is 4.17. The van der Waals surface area contributed by atoms with Gasteiger partial charge in [-0.3, -0.25) is 4.79 Å². The first-order valence-electron chi connectivity index (χ1n) is 5.60. The van der Waals surface area contributed by atoms with Crippen LogP contribution in [0.4, 0.5) is 23.2 Å². The van der Waals surface area contributed by atoms with E-state index in [-0.39, 0.29) is 16.1 Å². The van der Waals surface area contributed by atoms with E-state index in [1.165, 1.54) is 12.1 Å². The van der Waals surface area contributed by atoms with Crippen molar-refractivity contribution in [3.8, 4) is 0 Å². The lowest BCUT2D eigenvalue weighted by Gasteiger charge is -2.08. The number of thiol groups is 1. The van der Waals surface area contributed by atoms with Gasteiger partial charge < -0.3 is 5.32 Å².